The molecular formula is C14H16ClIN2O2S. The summed E-state index contributed by atoms with van der Waals surface area (Å²) in [6.45, 7) is 2.57. The summed E-state index contributed by atoms with van der Waals surface area (Å²) < 4.78 is 26.5. The fourth-order valence-corrected chi connectivity index (χ4v) is 5.38. The lowest BCUT2D eigenvalue weighted by Crippen LogP contribution is -2.15. The normalized spacial score (nSPS) is 22.7. The van der Waals surface area contributed by atoms with Crippen LogP contribution < -0.4 is 0 Å². The van der Waals surface area contributed by atoms with Crippen LogP contribution in [-0.4, -0.2) is 29.5 Å². The Bertz CT molecular complexity index is 786. The highest BCUT2D eigenvalue weighted by molar-refractivity contribution is 14.1. The van der Waals surface area contributed by atoms with Crippen LogP contribution in [-0.2, 0) is 16.4 Å². The van der Waals surface area contributed by atoms with Crippen molar-refractivity contribution in [3.8, 4) is 0 Å². The maximum absolute atomic E-state index is 11.6. The van der Waals surface area contributed by atoms with Crippen LogP contribution in [0.5, 0.6) is 0 Å². The third kappa shape index (κ3) is 3.22. The van der Waals surface area contributed by atoms with E-state index in [2.05, 4.69) is 32.1 Å². The van der Waals surface area contributed by atoms with Gasteiger partial charge in [0.15, 0.2) is 9.84 Å². The van der Waals surface area contributed by atoms with Crippen LogP contribution in [0.4, 0.5) is 0 Å². The molecule has 1 aromatic carbocycles. The molecule has 114 valence electrons. The molecule has 1 aliphatic heterocycles. The number of aromatic nitrogens is 2. The van der Waals surface area contributed by atoms with E-state index in [0.717, 1.165) is 26.8 Å². The Hall–Kier alpha value is -0.340. The quantitative estimate of drug-likeness (QED) is 0.545. The Morgan fingerprint density at radius 1 is 1.52 bits per heavy atom. The van der Waals surface area contributed by atoms with E-state index < -0.39 is 9.84 Å². The van der Waals surface area contributed by atoms with E-state index >= 15 is 0 Å². The Balaban J connectivity index is 2.02. The Morgan fingerprint density at radius 2 is 2.29 bits per heavy atom. The van der Waals surface area contributed by atoms with Gasteiger partial charge in [-0.1, -0.05) is 0 Å². The largest absolute Gasteiger partial charge is 0.326 e. The molecule has 21 heavy (non-hydrogen) atoms. The number of benzene rings is 1. The first kappa shape index (κ1) is 15.6. The molecule has 0 radical (unpaired) electrons. The maximum atomic E-state index is 11.6. The van der Waals surface area contributed by atoms with Crippen LogP contribution in [0, 0.1) is 9.49 Å². The number of hydrogen-bond acceptors (Lipinski definition) is 3. The third-order valence-corrected chi connectivity index (χ3v) is 6.57. The first-order valence-electron chi connectivity index (χ1n) is 6.86. The summed E-state index contributed by atoms with van der Waals surface area (Å²) in [6.07, 6.45) is 0.725. The number of hydrogen-bond donors (Lipinski definition) is 0. The Kier molecular flexibility index (Phi) is 4.22. The zero-order valence-corrected chi connectivity index (χ0v) is 15.3. The maximum Gasteiger partial charge on any atom is 0.150 e. The second-order valence-electron chi connectivity index (χ2n) is 5.60. The molecule has 3 rings (SSSR count). The van der Waals surface area contributed by atoms with Crippen LogP contribution in [0.25, 0.3) is 11.0 Å². The summed E-state index contributed by atoms with van der Waals surface area (Å²) in [5.41, 5.74) is 1.95. The monoisotopic (exact) mass is 438 g/mol. The van der Waals surface area contributed by atoms with E-state index in [-0.39, 0.29) is 17.0 Å². The number of nitrogens with zero attached hydrogens (tertiary/aromatic N) is 2. The van der Waals surface area contributed by atoms with Crippen LogP contribution >= 0.6 is 34.2 Å². The number of halogens is 2. The SMILES string of the molecule is CC(Cl)c1nc2cc(I)ccc2n1CC1CCS(=O)(=O)C1. The number of imidazole rings is 1. The van der Waals surface area contributed by atoms with E-state index in [4.69, 9.17) is 11.6 Å². The molecule has 1 aliphatic rings. The first-order chi connectivity index (χ1) is 9.85. The van der Waals surface area contributed by atoms with Crippen molar-refractivity contribution in [1.82, 2.24) is 9.55 Å². The summed E-state index contributed by atoms with van der Waals surface area (Å²) in [5, 5.41) is -0.201. The molecule has 0 amide bonds. The number of alkyl halides is 1. The summed E-state index contributed by atoms with van der Waals surface area (Å²) in [7, 11) is -2.86. The number of fused-ring (bicyclic) bond motifs is 1. The molecule has 0 bridgehead atoms. The van der Waals surface area contributed by atoms with Crippen molar-refractivity contribution in [3.05, 3.63) is 27.6 Å². The van der Waals surface area contributed by atoms with E-state index in [1.165, 1.54) is 0 Å². The van der Waals surface area contributed by atoms with Crippen molar-refractivity contribution in [1.29, 1.82) is 0 Å². The highest BCUT2D eigenvalue weighted by Gasteiger charge is 2.29. The van der Waals surface area contributed by atoms with E-state index in [1.807, 2.05) is 25.1 Å². The van der Waals surface area contributed by atoms with Gasteiger partial charge >= 0.3 is 0 Å². The highest BCUT2D eigenvalue weighted by atomic mass is 127. The van der Waals surface area contributed by atoms with Gasteiger partial charge < -0.3 is 4.57 Å². The fraction of sp³-hybridized carbons (Fsp3) is 0.500. The topological polar surface area (TPSA) is 52.0 Å². The summed E-state index contributed by atoms with van der Waals surface area (Å²) in [5.74, 6) is 1.54. The smallest absolute Gasteiger partial charge is 0.150 e. The van der Waals surface area contributed by atoms with Crippen molar-refractivity contribution in [2.75, 3.05) is 11.5 Å². The zero-order chi connectivity index (χ0) is 15.2. The molecule has 1 aromatic heterocycles. The van der Waals surface area contributed by atoms with Gasteiger partial charge in [0.25, 0.3) is 0 Å². The molecule has 1 fully saturated rings. The molecule has 2 unspecified atom stereocenters. The predicted octanol–water partition coefficient (Wildman–Crippen LogP) is 3.38. The predicted molar refractivity (Wildman–Crippen MR) is 93.5 cm³/mol. The van der Waals surface area contributed by atoms with Crippen LogP contribution in [0.1, 0.15) is 24.5 Å². The average Bonchev–Trinajstić information content (AvgIpc) is 2.90. The van der Waals surface area contributed by atoms with Gasteiger partial charge in [-0.3, -0.25) is 0 Å². The molecule has 0 saturated carbocycles. The van der Waals surface area contributed by atoms with Gasteiger partial charge in [0.05, 0.1) is 27.9 Å². The van der Waals surface area contributed by atoms with Crippen LogP contribution in [0.3, 0.4) is 0 Å². The minimum atomic E-state index is -2.86. The lowest BCUT2D eigenvalue weighted by atomic mass is 10.1. The standard InChI is InChI=1S/C14H16ClIN2O2S/c1-9(15)14-17-12-6-11(16)2-3-13(12)18(14)7-10-4-5-21(19,20)8-10/h2-3,6,9-10H,4-5,7-8H2,1H3. The average molecular weight is 439 g/mol. The van der Waals surface area contributed by atoms with Gasteiger partial charge in [-0.2, -0.15) is 0 Å². The Labute approximate surface area is 142 Å². The second kappa shape index (κ2) is 5.70. The fourth-order valence-electron chi connectivity index (χ4n) is 2.89. The van der Waals surface area contributed by atoms with Crippen LogP contribution in [0.15, 0.2) is 18.2 Å². The van der Waals surface area contributed by atoms with Gasteiger partial charge in [0, 0.05) is 10.1 Å². The third-order valence-electron chi connectivity index (χ3n) is 3.86. The van der Waals surface area contributed by atoms with Crippen molar-refractivity contribution in [2.24, 2.45) is 5.92 Å². The van der Waals surface area contributed by atoms with Gasteiger partial charge in [0.1, 0.15) is 5.82 Å². The van der Waals surface area contributed by atoms with E-state index in [9.17, 15) is 8.42 Å². The summed E-state index contributed by atoms with van der Waals surface area (Å²) in [6, 6.07) is 6.10. The van der Waals surface area contributed by atoms with E-state index in [0.29, 0.717) is 12.3 Å². The van der Waals surface area contributed by atoms with Gasteiger partial charge in [-0.15, -0.1) is 11.6 Å². The molecule has 7 heteroatoms. The summed E-state index contributed by atoms with van der Waals surface area (Å²) >= 11 is 8.52. The van der Waals surface area contributed by atoms with Gasteiger partial charge in [-0.25, -0.2) is 13.4 Å². The number of rotatable bonds is 3. The Morgan fingerprint density at radius 3 is 2.90 bits per heavy atom. The molecule has 2 aromatic rings. The zero-order valence-electron chi connectivity index (χ0n) is 11.6. The highest BCUT2D eigenvalue weighted by Crippen LogP contribution is 2.29. The minimum Gasteiger partial charge on any atom is -0.326 e. The molecule has 0 spiro atoms. The lowest BCUT2D eigenvalue weighted by Gasteiger charge is -2.14. The molecule has 2 heterocycles. The van der Waals surface area contributed by atoms with Crippen molar-refractivity contribution < 1.29 is 8.42 Å². The van der Waals surface area contributed by atoms with Crippen molar-refractivity contribution in [3.63, 3.8) is 0 Å². The van der Waals surface area contributed by atoms with Gasteiger partial charge in [0.2, 0.25) is 0 Å². The van der Waals surface area contributed by atoms with Crippen molar-refractivity contribution >= 4 is 55.1 Å². The van der Waals surface area contributed by atoms with E-state index in [1.54, 1.807) is 0 Å². The summed E-state index contributed by atoms with van der Waals surface area (Å²) in [4.78, 5) is 4.63. The first-order valence-corrected chi connectivity index (χ1v) is 10.2. The molecule has 0 N–H and O–H groups in total. The molecule has 4 nitrogen and oxygen atoms in total. The van der Waals surface area contributed by atoms with Crippen LogP contribution in [0.2, 0.25) is 0 Å². The van der Waals surface area contributed by atoms with Gasteiger partial charge in [-0.05, 0) is 60.1 Å². The molecule has 1 saturated heterocycles. The molecule has 0 aliphatic carbocycles. The van der Waals surface area contributed by atoms with Crippen molar-refractivity contribution in [2.45, 2.75) is 25.3 Å². The minimum absolute atomic E-state index is 0.154. The lowest BCUT2D eigenvalue weighted by molar-refractivity contribution is 0.486. The molecule has 2 atom stereocenters. The molecular weight excluding hydrogens is 423 g/mol. The number of sulfone groups is 1. The second-order valence-corrected chi connectivity index (χ2v) is 9.73.